The summed E-state index contributed by atoms with van der Waals surface area (Å²) >= 11 is 0. The molecule has 84 valence electrons. The van der Waals surface area contributed by atoms with Crippen molar-refractivity contribution in [2.75, 3.05) is 12.3 Å². The maximum Gasteiger partial charge on any atom is 0.251 e. The van der Waals surface area contributed by atoms with E-state index in [0.29, 0.717) is 29.8 Å². The second kappa shape index (κ2) is 4.22. The standard InChI is InChI=1S/C11H13N3O2/c1-3-15-10-8(5-4-6-9(10)12)11-14-13-7(2)16-11/h4-6H,3,12H2,1-2H3. The van der Waals surface area contributed by atoms with Gasteiger partial charge >= 0.3 is 0 Å². The van der Waals surface area contributed by atoms with Gasteiger partial charge in [-0.05, 0) is 19.1 Å². The molecule has 2 N–H and O–H groups in total. The van der Waals surface area contributed by atoms with Crippen molar-refractivity contribution < 1.29 is 9.15 Å². The van der Waals surface area contributed by atoms with Gasteiger partial charge in [-0.25, -0.2) is 0 Å². The third kappa shape index (κ3) is 1.84. The molecule has 0 saturated heterocycles. The van der Waals surface area contributed by atoms with Crippen LogP contribution < -0.4 is 10.5 Å². The van der Waals surface area contributed by atoms with Gasteiger partial charge in [-0.2, -0.15) is 0 Å². The van der Waals surface area contributed by atoms with E-state index < -0.39 is 0 Å². The first kappa shape index (κ1) is 10.5. The summed E-state index contributed by atoms with van der Waals surface area (Å²) in [4.78, 5) is 0. The predicted octanol–water partition coefficient (Wildman–Crippen LogP) is 2.03. The summed E-state index contributed by atoms with van der Waals surface area (Å²) in [6.45, 7) is 4.17. The number of ether oxygens (including phenoxy) is 1. The summed E-state index contributed by atoms with van der Waals surface area (Å²) in [6, 6.07) is 5.44. The van der Waals surface area contributed by atoms with Crippen molar-refractivity contribution in [2.24, 2.45) is 0 Å². The maximum absolute atomic E-state index is 5.84. The second-order valence-corrected chi connectivity index (χ2v) is 3.28. The Hall–Kier alpha value is -2.04. The van der Waals surface area contributed by atoms with Crippen LogP contribution in [-0.4, -0.2) is 16.8 Å². The molecular weight excluding hydrogens is 206 g/mol. The molecule has 0 amide bonds. The third-order valence-corrected chi connectivity index (χ3v) is 2.09. The summed E-state index contributed by atoms with van der Waals surface area (Å²) in [7, 11) is 0. The number of hydrogen-bond acceptors (Lipinski definition) is 5. The van der Waals surface area contributed by atoms with Crippen molar-refractivity contribution in [1.82, 2.24) is 10.2 Å². The Morgan fingerprint density at radius 2 is 2.19 bits per heavy atom. The van der Waals surface area contributed by atoms with Crippen LogP contribution in [0.5, 0.6) is 5.75 Å². The van der Waals surface area contributed by atoms with Gasteiger partial charge in [-0.15, -0.1) is 10.2 Å². The largest absolute Gasteiger partial charge is 0.491 e. The van der Waals surface area contributed by atoms with Gasteiger partial charge in [0.05, 0.1) is 17.9 Å². The van der Waals surface area contributed by atoms with E-state index in [1.54, 1.807) is 13.0 Å². The summed E-state index contributed by atoms with van der Waals surface area (Å²) in [5.41, 5.74) is 7.13. The zero-order valence-corrected chi connectivity index (χ0v) is 9.23. The van der Waals surface area contributed by atoms with Gasteiger partial charge in [0.1, 0.15) is 0 Å². The smallest absolute Gasteiger partial charge is 0.251 e. The highest BCUT2D eigenvalue weighted by molar-refractivity contribution is 5.72. The van der Waals surface area contributed by atoms with E-state index in [4.69, 9.17) is 14.9 Å². The number of hydrogen-bond donors (Lipinski definition) is 1. The normalized spacial score (nSPS) is 10.4. The van der Waals surface area contributed by atoms with Crippen molar-refractivity contribution >= 4 is 5.69 Å². The van der Waals surface area contributed by atoms with Gasteiger partial charge in [-0.1, -0.05) is 6.07 Å². The fourth-order valence-corrected chi connectivity index (χ4v) is 1.43. The highest BCUT2D eigenvalue weighted by Gasteiger charge is 2.14. The van der Waals surface area contributed by atoms with E-state index in [2.05, 4.69) is 10.2 Å². The Balaban J connectivity index is 2.51. The minimum atomic E-state index is 0.424. The van der Waals surface area contributed by atoms with Crippen LogP contribution in [0.15, 0.2) is 22.6 Å². The molecule has 0 saturated carbocycles. The number of nitrogens with zero attached hydrogens (tertiary/aromatic N) is 2. The first-order valence-corrected chi connectivity index (χ1v) is 5.04. The molecule has 2 rings (SSSR count). The van der Waals surface area contributed by atoms with Gasteiger partial charge in [0.15, 0.2) is 5.75 Å². The van der Waals surface area contributed by atoms with Gasteiger partial charge in [0.2, 0.25) is 5.89 Å². The van der Waals surface area contributed by atoms with E-state index in [1.165, 1.54) is 0 Å². The second-order valence-electron chi connectivity index (χ2n) is 3.28. The van der Waals surface area contributed by atoms with Crippen molar-refractivity contribution in [2.45, 2.75) is 13.8 Å². The summed E-state index contributed by atoms with van der Waals surface area (Å²) in [5.74, 6) is 1.53. The summed E-state index contributed by atoms with van der Waals surface area (Å²) < 4.78 is 10.8. The first-order valence-electron chi connectivity index (χ1n) is 5.04. The molecule has 0 unspecified atom stereocenters. The molecule has 5 heteroatoms. The Morgan fingerprint density at radius 3 is 2.81 bits per heavy atom. The van der Waals surface area contributed by atoms with Crippen LogP contribution in [0.3, 0.4) is 0 Å². The Bertz CT molecular complexity index is 494. The van der Waals surface area contributed by atoms with Crippen molar-refractivity contribution in [1.29, 1.82) is 0 Å². The lowest BCUT2D eigenvalue weighted by Gasteiger charge is -2.09. The van der Waals surface area contributed by atoms with E-state index in [0.717, 1.165) is 5.56 Å². The van der Waals surface area contributed by atoms with E-state index in [-0.39, 0.29) is 0 Å². The Labute approximate surface area is 93.2 Å². The zero-order valence-electron chi connectivity index (χ0n) is 9.23. The lowest BCUT2D eigenvalue weighted by Crippen LogP contribution is -1.99. The quantitative estimate of drug-likeness (QED) is 0.799. The molecule has 0 aliphatic rings. The minimum Gasteiger partial charge on any atom is -0.491 e. The number of aryl methyl sites for hydroxylation is 1. The highest BCUT2D eigenvalue weighted by atomic mass is 16.5. The lowest BCUT2D eigenvalue weighted by atomic mass is 10.1. The monoisotopic (exact) mass is 219 g/mol. The molecular formula is C11H13N3O2. The number of rotatable bonds is 3. The maximum atomic E-state index is 5.84. The molecule has 0 atom stereocenters. The molecule has 5 nitrogen and oxygen atoms in total. The summed E-state index contributed by atoms with van der Waals surface area (Å²) in [5, 5.41) is 7.73. The number of para-hydroxylation sites is 1. The van der Waals surface area contributed by atoms with Crippen LogP contribution in [0.25, 0.3) is 11.5 Å². The minimum absolute atomic E-state index is 0.424. The average Bonchev–Trinajstić information content (AvgIpc) is 2.68. The van der Waals surface area contributed by atoms with Crippen molar-refractivity contribution in [3.05, 3.63) is 24.1 Å². The molecule has 0 aliphatic carbocycles. The zero-order chi connectivity index (χ0) is 11.5. The van der Waals surface area contributed by atoms with Crippen LogP contribution in [-0.2, 0) is 0 Å². The molecule has 1 heterocycles. The first-order chi connectivity index (χ1) is 7.72. The SMILES string of the molecule is CCOc1c(N)cccc1-c1nnc(C)o1. The number of nitrogen functional groups attached to an aromatic ring is 1. The van der Waals surface area contributed by atoms with Crippen LogP contribution in [0.2, 0.25) is 0 Å². The number of benzene rings is 1. The van der Waals surface area contributed by atoms with E-state index >= 15 is 0 Å². The molecule has 0 aliphatic heterocycles. The third-order valence-electron chi connectivity index (χ3n) is 2.09. The number of anilines is 1. The van der Waals surface area contributed by atoms with Crippen LogP contribution in [0.1, 0.15) is 12.8 Å². The lowest BCUT2D eigenvalue weighted by molar-refractivity contribution is 0.342. The van der Waals surface area contributed by atoms with E-state index in [1.807, 2.05) is 19.1 Å². The molecule has 1 aromatic carbocycles. The van der Waals surface area contributed by atoms with E-state index in [9.17, 15) is 0 Å². The van der Waals surface area contributed by atoms with Crippen LogP contribution in [0, 0.1) is 6.92 Å². The van der Waals surface area contributed by atoms with Crippen LogP contribution >= 0.6 is 0 Å². The molecule has 0 bridgehead atoms. The van der Waals surface area contributed by atoms with Gasteiger partial charge in [0.25, 0.3) is 5.89 Å². The molecule has 0 spiro atoms. The van der Waals surface area contributed by atoms with Gasteiger partial charge < -0.3 is 14.9 Å². The molecule has 0 fully saturated rings. The van der Waals surface area contributed by atoms with Gasteiger partial charge in [-0.3, -0.25) is 0 Å². The highest BCUT2D eigenvalue weighted by Crippen LogP contribution is 2.33. The fraction of sp³-hybridized carbons (Fsp3) is 0.273. The summed E-state index contributed by atoms with van der Waals surface area (Å²) in [6.07, 6.45) is 0. The Kier molecular flexibility index (Phi) is 2.76. The average molecular weight is 219 g/mol. The van der Waals surface area contributed by atoms with Crippen molar-refractivity contribution in [3.63, 3.8) is 0 Å². The van der Waals surface area contributed by atoms with Crippen LogP contribution in [0.4, 0.5) is 5.69 Å². The van der Waals surface area contributed by atoms with Gasteiger partial charge in [0, 0.05) is 6.92 Å². The Morgan fingerprint density at radius 1 is 1.38 bits per heavy atom. The fourth-order valence-electron chi connectivity index (χ4n) is 1.43. The molecule has 0 radical (unpaired) electrons. The molecule has 1 aromatic heterocycles. The van der Waals surface area contributed by atoms with Crippen molar-refractivity contribution in [3.8, 4) is 17.2 Å². The molecule has 2 aromatic rings. The number of aromatic nitrogens is 2. The predicted molar refractivity (Wildman–Crippen MR) is 60.1 cm³/mol. The number of nitrogens with two attached hydrogens (primary N) is 1. The topological polar surface area (TPSA) is 74.2 Å². The molecule has 16 heavy (non-hydrogen) atoms.